The summed E-state index contributed by atoms with van der Waals surface area (Å²) < 4.78 is 27.6. The molecule has 0 radical (unpaired) electrons. The Morgan fingerprint density at radius 2 is 1.67 bits per heavy atom. The molecule has 1 heterocycles. The summed E-state index contributed by atoms with van der Waals surface area (Å²) >= 11 is 6.02. The Hall–Kier alpha value is -2.38. The lowest BCUT2D eigenvalue weighted by Crippen LogP contribution is -2.44. The number of nitrogens with one attached hydrogen (secondary N) is 1. The average molecular weight is 446 g/mol. The van der Waals surface area contributed by atoms with Crippen LogP contribution < -0.4 is 4.72 Å². The van der Waals surface area contributed by atoms with Gasteiger partial charge in [-0.3, -0.25) is 0 Å². The fourth-order valence-electron chi connectivity index (χ4n) is 4.09. The number of sulfonamides is 1. The number of hydrogen-bond donors (Lipinski definition) is 1. The molecule has 0 spiro atoms. The first-order valence-corrected chi connectivity index (χ1v) is 12.1. The standard InChI is InChI=1S/C22H24ClN3O3S/c23-18-13-11-17(12-14-18)21-20(16-7-3-1-4-8-16)15-26(24-21)22(27)25-30(28,29)19-9-5-2-6-10-19/h1,3-4,7-8,11-14,19-20H,2,5-6,9-10,15H2,(H,25,27). The van der Waals surface area contributed by atoms with Crippen LogP contribution in [-0.2, 0) is 10.0 Å². The quantitative estimate of drug-likeness (QED) is 0.751. The van der Waals surface area contributed by atoms with Gasteiger partial charge in [-0.1, -0.05) is 73.3 Å². The van der Waals surface area contributed by atoms with Gasteiger partial charge >= 0.3 is 6.03 Å². The van der Waals surface area contributed by atoms with Crippen molar-refractivity contribution in [3.8, 4) is 0 Å². The van der Waals surface area contributed by atoms with E-state index in [-0.39, 0.29) is 12.5 Å². The minimum atomic E-state index is -3.72. The number of nitrogens with zero attached hydrogens (tertiary/aromatic N) is 2. The number of hydrazone groups is 1. The lowest BCUT2D eigenvalue weighted by Gasteiger charge is -2.23. The molecule has 0 bridgehead atoms. The molecular formula is C22H24ClN3O3S. The SMILES string of the molecule is O=C(NS(=O)(=O)C1CCCCC1)N1CC(c2ccccc2)C(c2ccc(Cl)cc2)=N1. The van der Waals surface area contributed by atoms with Gasteiger partial charge in [0.25, 0.3) is 0 Å². The van der Waals surface area contributed by atoms with E-state index in [1.165, 1.54) is 5.01 Å². The second-order valence-electron chi connectivity index (χ2n) is 7.75. The Bertz CT molecular complexity index is 1030. The van der Waals surface area contributed by atoms with Crippen LogP contribution in [0.4, 0.5) is 4.79 Å². The highest BCUT2D eigenvalue weighted by Gasteiger charge is 2.35. The number of benzene rings is 2. The maximum absolute atomic E-state index is 12.8. The van der Waals surface area contributed by atoms with Crippen LogP contribution in [0.15, 0.2) is 59.7 Å². The molecule has 2 aromatic carbocycles. The Morgan fingerprint density at radius 3 is 2.33 bits per heavy atom. The molecule has 2 aromatic rings. The molecule has 8 heteroatoms. The minimum absolute atomic E-state index is 0.157. The maximum atomic E-state index is 12.8. The van der Waals surface area contributed by atoms with Crippen molar-refractivity contribution in [2.24, 2.45) is 5.10 Å². The van der Waals surface area contributed by atoms with E-state index in [0.29, 0.717) is 23.6 Å². The third-order valence-electron chi connectivity index (χ3n) is 5.71. The zero-order valence-corrected chi connectivity index (χ0v) is 18.1. The van der Waals surface area contributed by atoms with Crippen LogP contribution in [0, 0.1) is 0 Å². The van der Waals surface area contributed by atoms with E-state index in [2.05, 4.69) is 9.82 Å². The lowest BCUT2D eigenvalue weighted by atomic mass is 9.91. The number of halogens is 1. The molecule has 0 aromatic heterocycles. The predicted octanol–water partition coefficient (Wildman–Crippen LogP) is 4.52. The normalized spacial score (nSPS) is 20.1. The van der Waals surface area contributed by atoms with Crippen molar-refractivity contribution in [3.63, 3.8) is 0 Å². The number of rotatable bonds is 4. The molecular weight excluding hydrogens is 422 g/mol. The summed E-state index contributed by atoms with van der Waals surface area (Å²) in [5.74, 6) is -0.157. The zero-order chi connectivity index (χ0) is 21.1. The van der Waals surface area contributed by atoms with Crippen LogP contribution >= 0.6 is 11.6 Å². The van der Waals surface area contributed by atoms with Crippen molar-refractivity contribution in [1.82, 2.24) is 9.73 Å². The van der Waals surface area contributed by atoms with Gasteiger partial charge in [0.2, 0.25) is 10.0 Å². The number of carbonyl (C=O) groups excluding carboxylic acids is 1. The lowest BCUT2D eigenvalue weighted by molar-refractivity contribution is 0.210. The smallest absolute Gasteiger partial charge is 0.246 e. The zero-order valence-electron chi connectivity index (χ0n) is 16.5. The van der Waals surface area contributed by atoms with Crippen LogP contribution in [0.25, 0.3) is 0 Å². The van der Waals surface area contributed by atoms with Crippen LogP contribution in [0.2, 0.25) is 5.02 Å². The first-order chi connectivity index (χ1) is 14.4. The summed E-state index contributed by atoms with van der Waals surface area (Å²) in [6, 6.07) is 16.3. The topological polar surface area (TPSA) is 78.8 Å². The van der Waals surface area contributed by atoms with Crippen LogP contribution in [0.1, 0.15) is 49.1 Å². The summed E-state index contributed by atoms with van der Waals surface area (Å²) in [4.78, 5) is 12.8. The van der Waals surface area contributed by atoms with Gasteiger partial charge in [-0.25, -0.2) is 22.9 Å². The Balaban J connectivity index is 1.58. The van der Waals surface area contributed by atoms with E-state index >= 15 is 0 Å². The van der Waals surface area contributed by atoms with Gasteiger partial charge in [0.1, 0.15) is 0 Å². The second kappa shape index (κ2) is 8.78. The number of urea groups is 1. The van der Waals surface area contributed by atoms with Gasteiger partial charge in [-0.05, 0) is 36.1 Å². The third kappa shape index (κ3) is 4.52. The van der Waals surface area contributed by atoms with E-state index in [0.717, 1.165) is 30.4 Å². The fourth-order valence-corrected chi connectivity index (χ4v) is 5.68. The van der Waals surface area contributed by atoms with Crippen LogP contribution in [0.3, 0.4) is 0 Å². The molecule has 4 rings (SSSR count). The van der Waals surface area contributed by atoms with E-state index in [9.17, 15) is 13.2 Å². The Labute approximate surface area is 182 Å². The summed E-state index contributed by atoms with van der Waals surface area (Å²) in [6.45, 7) is 0.272. The molecule has 6 nitrogen and oxygen atoms in total. The van der Waals surface area contributed by atoms with Crippen molar-refractivity contribution in [1.29, 1.82) is 0 Å². The van der Waals surface area contributed by atoms with Crippen molar-refractivity contribution in [2.75, 3.05) is 6.54 Å². The van der Waals surface area contributed by atoms with Gasteiger partial charge in [-0.15, -0.1) is 0 Å². The summed E-state index contributed by atoms with van der Waals surface area (Å²) in [5, 5.41) is 5.83. The Kier molecular flexibility index (Phi) is 6.11. The van der Waals surface area contributed by atoms with Crippen LogP contribution in [0.5, 0.6) is 0 Å². The minimum Gasteiger partial charge on any atom is -0.246 e. The van der Waals surface area contributed by atoms with Crippen molar-refractivity contribution in [2.45, 2.75) is 43.3 Å². The highest BCUT2D eigenvalue weighted by molar-refractivity contribution is 7.90. The first-order valence-electron chi connectivity index (χ1n) is 10.2. The largest absolute Gasteiger partial charge is 0.351 e. The molecule has 158 valence electrons. The molecule has 30 heavy (non-hydrogen) atoms. The number of hydrogen-bond acceptors (Lipinski definition) is 4. The Morgan fingerprint density at radius 1 is 1.00 bits per heavy atom. The molecule has 2 aliphatic rings. The van der Waals surface area contributed by atoms with Crippen molar-refractivity contribution in [3.05, 3.63) is 70.7 Å². The monoisotopic (exact) mass is 445 g/mol. The van der Waals surface area contributed by atoms with E-state index in [1.54, 1.807) is 12.1 Å². The van der Waals surface area contributed by atoms with Crippen molar-refractivity contribution < 1.29 is 13.2 Å². The molecule has 1 aliphatic carbocycles. The molecule has 1 N–H and O–H groups in total. The highest BCUT2D eigenvalue weighted by Crippen LogP contribution is 2.30. The highest BCUT2D eigenvalue weighted by atomic mass is 35.5. The van der Waals surface area contributed by atoms with E-state index in [1.807, 2.05) is 42.5 Å². The first kappa shape index (κ1) is 20.9. The predicted molar refractivity (Wildman–Crippen MR) is 118 cm³/mol. The molecule has 1 atom stereocenters. The second-order valence-corrected chi connectivity index (χ2v) is 10.1. The van der Waals surface area contributed by atoms with Gasteiger partial charge in [0.05, 0.1) is 17.5 Å². The number of amides is 2. The van der Waals surface area contributed by atoms with Gasteiger partial charge < -0.3 is 0 Å². The maximum Gasteiger partial charge on any atom is 0.351 e. The molecule has 2 amide bonds. The van der Waals surface area contributed by atoms with Crippen molar-refractivity contribution >= 4 is 33.4 Å². The molecule has 0 saturated heterocycles. The third-order valence-corrected chi connectivity index (χ3v) is 7.77. The van der Waals surface area contributed by atoms with Gasteiger partial charge in [0, 0.05) is 10.9 Å². The van der Waals surface area contributed by atoms with E-state index < -0.39 is 21.3 Å². The summed E-state index contributed by atoms with van der Waals surface area (Å²) in [5.41, 5.74) is 2.57. The van der Waals surface area contributed by atoms with Gasteiger partial charge in [0.15, 0.2) is 0 Å². The number of carbonyl (C=O) groups is 1. The summed E-state index contributed by atoms with van der Waals surface area (Å²) in [6.07, 6.45) is 3.97. The molecule has 1 fully saturated rings. The van der Waals surface area contributed by atoms with Crippen LogP contribution in [-0.4, -0.2) is 37.0 Å². The molecule has 1 unspecified atom stereocenters. The molecule has 1 saturated carbocycles. The molecule has 1 aliphatic heterocycles. The average Bonchev–Trinajstić information content (AvgIpc) is 3.21. The fraction of sp³-hybridized carbons (Fsp3) is 0.364. The van der Waals surface area contributed by atoms with Gasteiger partial charge in [-0.2, -0.15) is 5.10 Å². The summed E-state index contributed by atoms with van der Waals surface area (Å²) in [7, 11) is -3.72. The van der Waals surface area contributed by atoms with E-state index in [4.69, 9.17) is 11.6 Å².